The van der Waals surface area contributed by atoms with Gasteiger partial charge in [0.15, 0.2) is 0 Å². The third kappa shape index (κ3) is 1.60. The molecule has 1 aliphatic heterocycles. The van der Waals surface area contributed by atoms with Crippen LogP contribution in [0.25, 0.3) is 0 Å². The second-order valence-corrected chi connectivity index (χ2v) is 4.37. The van der Waals surface area contributed by atoms with E-state index < -0.39 is 0 Å². The van der Waals surface area contributed by atoms with E-state index in [1.165, 1.54) is 12.0 Å². The lowest BCUT2D eigenvalue weighted by molar-refractivity contribution is -0.0246. The zero-order chi connectivity index (χ0) is 10.3. The fraction of sp³-hybridized carbons (Fsp3) is 0.385. The predicted octanol–water partition coefficient (Wildman–Crippen LogP) is 3.33. The zero-order valence-corrected chi connectivity index (χ0v) is 8.72. The van der Waals surface area contributed by atoms with Gasteiger partial charge in [0.1, 0.15) is 12.5 Å². The third-order valence-electron chi connectivity index (χ3n) is 3.18. The molecule has 2 atom stereocenters. The van der Waals surface area contributed by atoms with Gasteiger partial charge >= 0.3 is 0 Å². The highest BCUT2D eigenvalue weighted by atomic mass is 16.7. The van der Waals surface area contributed by atoms with Crippen molar-refractivity contribution in [3.05, 3.63) is 47.9 Å². The molecule has 2 unspecified atom stereocenters. The molecule has 0 N–H and O–H groups in total. The molecule has 3 rings (SSSR count). The average molecular weight is 202 g/mol. The molecule has 0 saturated heterocycles. The Bertz CT molecular complexity index is 389. The largest absolute Gasteiger partial charge is 0.455 e. The highest BCUT2D eigenvalue weighted by molar-refractivity contribution is 5.31. The van der Waals surface area contributed by atoms with Crippen LogP contribution in [-0.4, -0.2) is 0 Å². The predicted molar refractivity (Wildman–Crippen MR) is 57.0 cm³/mol. The van der Waals surface area contributed by atoms with Crippen molar-refractivity contribution in [1.82, 2.24) is 0 Å². The maximum Gasteiger partial charge on any atom is 0.266 e. The van der Waals surface area contributed by atoms with E-state index in [2.05, 4.69) is 25.1 Å². The molecular formula is C13H14O2. The first-order valence-electron chi connectivity index (χ1n) is 5.40. The van der Waals surface area contributed by atoms with E-state index in [4.69, 9.17) is 9.47 Å². The second-order valence-electron chi connectivity index (χ2n) is 4.37. The highest BCUT2D eigenvalue weighted by Gasteiger charge is 2.34. The van der Waals surface area contributed by atoms with E-state index in [-0.39, 0.29) is 6.29 Å². The molecule has 0 radical (unpaired) electrons. The zero-order valence-electron chi connectivity index (χ0n) is 8.72. The van der Waals surface area contributed by atoms with Gasteiger partial charge in [0, 0.05) is 5.56 Å². The van der Waals surface area contributed by atoms with Gasteiger partial charge in [0.05, 0.1) is 0 Å². The molecule has 15 heavy (non-hydrogen) atoms. The molecule has 1 aliphatic carbocycles. The van der Waals surface area contributed by atoms with Gasteiger partial charge in [0.25, 0.3) is 6.29 Å². The van der Waals surface area contributed by atoms with Gasteiger partial charge in [0.2, 0.25) is 0 Å². The van der Waals surface area contributed by atoms with Crippen molar-refractivity contribution in [3.8, 4) is 0 Å². The summed E-state index contributed by atoms with van der Waals surface area (Å²) in [5.74, 6) is 1.59. The average Bonchev–Trinajstić information content (AvgIpc) is 2.81. The van der Waals surface area contributed by atoms with E-state index >= 15 is 0 Å². The summed E-state index contributed by atoms with van der Waals surface area (Å²) >= 11 is 0. The Balaban J connectivity index is 1.83. The summed E-state index contributed by atoms with van der Waals surface area (Å²) in [7, 11) is 0. The normalized spacial score (nSPS) is 28.6. The number of ether oxygens (including phenoxy) is 2. The Kier molecular flexibility index (Phi) is 1.94. The van der Waals surface area contributed by atoms with Crippen LogP contribution in [0.15, 0.2) is 36.8 Å². The summed E-state index contributed by atoms with van der Waals surface area (Å²) in [6.45, 7) is 2.29. The molecule has 2 nitrogen and oxygen atoms in total. The summed E-state index contributed by atoms with van der Waals surface area (Å²) in [6, 6.07) is 8.53. The van der Waals surface area contributed by atoms with Crippen molar-refractivity contribution in [3.63, 3.8) is 0 Å². The molecule has 0 aromatic heterocycles. The van der Waals surface area contributed by atoms with E-state index in [0.29, 0.717) is 0 Å². The summed E-state index contributed by atoms with van der Waals surface area (Å²) in [6.07, 6.45) is 4.27. The second kappa shape index (κ2) is 3.30. The van der Waals surface area contributed by atoms with E-state index in [9.17, 15) is 0 Å². The van der Waals surface area contributed by atoms with Gasteiger partial charge in [-0.15, -0.1) is 0 Å². The topological polar surface area (TPSA) is 18.5 Å². The molecule has 1 aromatic rings. The maximum atomic E-state index is 5.32. The van der Waals surface area contributed by atoms with Crippen LogP contribution >= 0.6 is 0 Å². The Labute approximate surface area is 89.5 Å². The van der Waals surface area contributed by atoms with E-state index in [0.717, 1.165) is 17.4 Å². The van der Waals surface area contributed by atoms with Gasteiger partial charge in [-0.25, -0.2) is 0 Å². The van der Waals surface area contributed by atoms with Crippen LogP contribution in [0.3, 0.4) is 0 Å². The molecule has 0 spiro atoms. The quantitative estimate of drug-likeness (QED) is 0.732. The minimum absolute atomic E-state index is 0.237. The van der Waals surface area contributed by atoms with Crippen molar-refractivity contribution in [2.24, 2.45) is 5.92 Å². The lowest BCUT2D eigenvalue weighted by Gasteiger charge is -2.11. The van der Waals surface area contributed by atoms with Crippen LogP contribution in [0.1, 0.15) is 36.7 Å². The van der Waals surface area contributed by atoms with Crippen molar-refractivity contribution < 1.29 is 9.47 Å². The van der Waals surface area contributed by atoms with Gasteiger partial charge < -0.3 is 9.47 Å². The Hall–Kier alpha value is -1.44. The smallest absolute Gasteiger partial charge is 0.266 e. The van der Waals surface area contributed by atoms with Crippen LogP contribution < -0.4 is 0 Å². The summed E-state index contributed by atoms with van der Waals surface area (Å²) < 4.78 is 10.6. The molecule has 0 bridgehead atoms. The molecule has 78 valence electrons. The molecule has 1 saturated carbocycles. The lowest BCUT2D eigenvalue weighted by Crippen LogP contribution is -1.98. The van der Waals surface area contributed by atoms with E-state index in [1.54, 1.807) is 12.5 Å². The number of benzene rings is 1. The van der Waals surface area contributed by atoms with Gasteiger partial charge in [-0.2, -0.15) is 0 Å². The number of hydrogen-bond donors (Lipinski definition) is 0. The molecule has 2 aliphatic rings. The Morgan fingerprint density at radius 1 is 1.13 bits per heavy atom. The van der Waals surface area contributed by atoms with Crippen molar-refractivity contribution in [2.45, 2.75) is 25.6 Å². The van der Waals surface area contributed by atoms with Crippen molar-refractivity contribution in [1.29, 1.82) is 0 Å². The third-order valence-corrected chi connectivity index (χ3v) is 3.18. The Morgan fingerprint density at radius 3 is 2.47 bits per heavy atom. The molecular weight excluding hydrogens is 188 g/mol. The standard InChI is InChI=1S/C13H14O2/c1-9-7-12(9)10-3-2-4-11(8-10)13-14-5-6-15-13/h2-6,8-9,12-13H,7H2,1H3. The fourth-order valence-corrected chi connectivity index (χ4v) is 2.12. The SMILES string of the molecule is CC1CC1c1cccc(C2OC=CO2)c1. The molecule has 1 aromatic carbocycles. The Morgan fingerprint density at radius 2 is 1.80 bits per heavy atom. The van der Waals surface area contributed by atoms with Crippen LogP contribution in [0.5, 0.6) is 0 Å². The fourth-order valence-electron chi connectivity index (χ4n) is 2.12. The first-order valence-corrected chi connectivity index (χ1v) is 5.40. The number of rotatable bonds is 2. The van der Waals surface area contributed by atoms with Crippen molar-refractivity contribution in [2.75, 3.05) is 0 Å². The van der Waals surface area contributed by atoms with Crippen LogP contribution in [0.2, 0.25) is 0 Å². The summed E-state index contributed by atoms with van der Waals surface area (Å²) in [4.78, 5) is 0. The first kappa shape index (κ1) is 8.84. The van der Waals surface area contributed by atoms with Crippen LogP contribution in [0, 0.1) is 5.92 Å². The summed E-state index contributed by atoms with van der Waals surface area (Å²) in [5.41, 5.74) is 2.52. The van der Waals surface area contributed by atoms with Crippen LogP contribution in [0.4, 0.5) is 0 Å². The van der Waals surface area contributed by atoms with Gasteiger partial charge in [-0.3, -0.25) is 0 Å². The van der Waals surface area contributed by atoms with Crippen LogP contribution in [-0.2, 0) is 9.47 Å². The molecule has 2 heteroatoms. The number of hydrogen-bond acceptors (Lipinski definition) is 2. The lowest BCUT2D eigenvalue weighted by atomic mass is 10.1. The monoisotopic (exact) mass is 202 g/mol. The first-order chi connectivity index (χ1) is 7.34. The van der Waals surface area contributed by atoms with Gasteiger partial charge in [-0.1, -0.05) is 25.1 Å². The van der Waals surface area contributed by atoms with Crippen molar-refractivity contribution >= 4 is 0 Å². The minimum Gasteiger partial charge on any atom is -0.455 e. The molecule has 1 heterocycles. The minimum atomic E-state index is -0.237. The summed E-state index contributed by atoms with van der Waals surface area (Å²) in [5, 5.41) is 0. The van der Waals surface area contributed by atoms with Gasteiger partial charge in [-0.05, 0) is 29.9 Å². The maximum absolute atomic E-state index is 5.32. The molecule has 1 fully saturated rings. The molecule has 0 amide bonds. The highest BCUT2D eigenvalue weighted by Crippen LogP contribution is 2.47. The van der Waals surface area contributed by atoms with E-state index in [1.807, 2.05) is 6.07 Å².